The maximum absolute atomic E-state index is 11.4. The van der Waals surface area contributed by atoms with Crippen LogP contribution in [0, 0.1) is 0 Å². The van der Waals surface area contributed by atoms with Gasteiger partial charge >= 0.3 is 5.97 Å². The number of rotatable bonds is 5. The number of esters is 1. The van der Waals surface area contributed by atoms with Gasteiger partial charge in [-0.15, -0.1) is 0 Å². The summed E-state index contributed by atoms with van der Waals surface area (Å²) in [6, 6.07) is 7.72. The first-order valence-corrected chi connectivity index (χ1v) is 5.60. The average molecular weight is 222 g/mol. The standard InChI is InChI=1S/C13H18O3/c1-4-11-8-6-7-9-12(11)16-10(3)13(14)15-5-2/h6-10H,4-5H2,1-3H3/t10-/m1/s1. The van der Waals surface area contributed by atoms with E-state index in [9.17, 15) is 4.79 Å². The molecular formula is C13H18O3. The molecule has 0 saturated heterocycles. The van der Waals surface area contributed by atoms with Crippen LogP contribution in [0.2, 0.25) is 0 Å². The molecule has 0 unspecified atom stereocenters. The van der Waals surface area contributed by atoms with Crippen molar-refractivity contribution in [2.75, 3.05) is 6.61 Å². The van der Waals surface area contributed by atoms with E-state index in [0.29, 0.717) is 6.61 Å². The van der Waals surface area contributed by atoms with Crippen molar-refractivity contribution in [3.05, 3.63) is 29.8 Å². The van der Waals surface area contributed by atoms with Gasteiger partial charge in [-0.25, -0.2) is 4.79 Å². The van der Waals surface area contributed by atoms with Crippen LogP contribution in [0.4, 0.5) is 0 Å². The van der Waals surface area contributed by atoms with Gasteiger partial charge in [-0.1, -0.05) is 25.1 Å². The Bertz CT molecular complexity index is 347. The maximum Gasteiger partial charge on any atom is 0.347 e. The Kier molecular flexibility index (Phi) is 4.83. The maximum atomic E-state index is 11.4. The summed E-state index contributed by atoms with van der Waals surface area (Å²) < 4.78 is 10.5. The van der Waals surface area contributed by atoms with Crippen LogP contribution in [-0.4, -0.2) is 18.7 Å². The molecule has 0 aliphatic rings. The third-order valence-electron chi connectivity index (χ3n) is 2.28. The lowest BCUT2D eigenvalue weighted by Crippen LogP contribution is -2.26. The minimum atomic E-state index is -0.562. The van der Waals surface area contributed by atoms with E-state index in [-0.39, 0.29) is 5.97 Å². The molecule has 0 aliphatic heterocycles. The third kappa shape index (κ3) is 3.26. The first kappa shape index (κ1) is 12.6. The van der Waals surface area contributed by atoms with Gasteiger partial charge in [0.05, 0.1) is 6.61 Å². The van der Waals surface area contributed by atoms with Crippen molar-refractivity contribution in [2.45, 2.75) is 33.3 Å². The molecule has 0 heterocycles. The van der Waals surface area contributed by atoms with Gasteiger partial charge in [0.25, 0.3) is 0 Å². The summed E-state index contributed by atoms with van der Waals surface area (Å²) >= 11 is 0. The quantitative estimate of drug-likeness (QED) is 0.718. The van der Waals surface area contributed by atoms with E-state index >= 15 is 0 Å². The first-order chi connectivity index (χ1) is 7.69. The Morgan fingerprint density at radius 1 is 1.31 bits per heavy atom. The monoisotopic (exact) mass is 222 g/mol. The molecule has 0 aliphatic carbocycles. The summed E-state index contributed by atoms with van der Waals surface area (Å²) in [5.41, 5.74) is 1.10. The van der Waals surface area contributed by atoms with Crippen molar-refractivity contribution in [3.8, 4) is 5.75 Å². The summed E-state index contributed by atoms with van der Waals surface area (Å²) in [6.07, 6.45) is 0.318. The molecule has 0 N–H and O–H groups in total. The van der Waals surface area contributed by atoms with Crippen LogP contribution in [0.5, 0.6) is 5.75 Å². The molecule has 1 aromatic rings. The van der Waals surface area contributed by atoms with E-state index in [4.69, 9.17) is 9.47 Å². The van der Waals surface area contributed by atoms with Crippen molar-refractivity contribution in [1.82, 2.24) is 0 Å². The van der Waals surface area contributed by atoms with Crippen LogP contribution in [0.1, 0.15) is 26.3 Å². The van der Waals surface area contributed by atoms with Crippen molar-refractivity contribution in [1.29, 1.82) is 0 Å². The lowest BCUT2D eigenvalue weighted by molar-refractivity contribution is -0.150. The number of hydrogen-bond donors (Lipinski definition) is 0. The zero-order valence-electron chi connectivity index (χ0n) is 10.0. The van der Waals surface area contributed by atoms with E-state index in [2.05, 4.69) is 6.92 Å². The second-order valence-electron chi connectivity index (χ2n) is 3.47. The highest BCUT2D eigenvalue weighted by atomic mass is 16.6. The fourth-order valence-corrected chi connectivity index (χ4v) is 1.41. The number of hydrogen-bond acceptors (Lipinski definition) is 3. The lowest BCUT2D eigenvalue weighted by Gasteiger charge is -2.15. The second-order valence-corrected chi connectivity index (χ2v) is 3.47. The van der Waals surface area contributed by atoms with Crippen LogP contribution in [0.3, 0.4) is 0 Å². The SMILES string of the molecule is CCOC(=O)[C@@H](C)Oc1ccccc1CC. The topological polar surface area (TPSA) is 35.5 Å². The molecule has 0 bridgehead atoms. The highest BCUT2D eigenvalue weighted by Gasteiger charge is 2.16. The Hall–Kier alpha value is -1.51. The highest BCUT2D eigenvalue weighted by molar-refractivity contribution is 5.74. The molecule has 1 rings (SSSR count). The van der Waals surface area contributed by atoms with Gasteiger partial charge in [-0.2, -0.15) is 0 Å². The van der Waals surface area contributed by atoms with Gasteiger partial charge in [-0.3, -0.25) is 0 Å². The molecule has 3 nitrogen and oxygen atoms in total. The number of aryl methyl sites for hydroxylation is 1. The van der Waals surface area contributed by atoms with Gasteiger partial charge in [0.1, 0.15) is 5.75 Å². The van der Waals surface area contributed by atoms with Gasteiger partial charge in [0.2, 0.25) is 0 Å². The van der Waals surface area contributed by atoms with Gasteiger partial charge in [-0.05, 0) is 31.9 Å². The summed E-state index contributed by atoms with van der Waals surface area (Å²) in [6.45, 7) is 5.91. The van der Waals surface area contributed by atoms with Crippen molar-refractivity contribution >= 4 is 5.97 Å². The number of para-hydroxylation sites is 1. The van der Waals surface area contributed by atoms with Crippen LogP contribution >= 0.6 is 0 Å². The van der Waals surface area contributed by atoms with E-state index in [1.807, 2.05) is 24.3 Å². The fourth-order valence-electron chi connectivity index (χ4n) is 1.41. The molecule has 0 saturated carbocycles. The Balaban J connectivity index is 2.68. The minimum absolute atomic E-state index is 0.326. The van der Waals surface area contributed by atoms with Gasteiger partial charge in [0.15, 0.2) is 6.10 Å². The van der Waals surface area contributed by atoms with Gasteiger partial charge in [0, 0.05) is 0 Å². The average Bonchev–Trinajstić information content (AvgIpc) is 2.30. The Labute approximate surface area is 96.4 Å². The minimum Gasteiger partial charge on any atom is -0.479 e. The van der Waals surface area contributed by atoms with E-state index in [1.165, 1.54) is 0 Å². The predicted octanol–water partition coefficient (Wildman–Crippen LogP) is 2.58. The van der Waals surface area contributed by atoms with Crippen LogP contribution < -0.4 is 4.74 Å². The van der Waals surface area contributed by atoms with Crippen molar-refractivity contribution in [2.24, 2.45) is 0 Å². The molecule has 0 fully saturated rings. The zero-order valence-corrected chi connectivity index (χ0v) is 10.0. The number of ether oxygens (including phenoxy) is 2. The number of carbonyl (C=O) groups is 1. The number of carbonyl (C=O) groups excluding carboxylic acids is 1. The van der Waals surface area contributed by atoms with E-state index in [0.717, 1.165) is 17.7 Å². The number of benzene rings is 1. The zero-order chi connectivity index (χ0) is 12.0. The van der Waals surface area contributed by atoms with Crippen molar-refractivity contribution in [3.63, 3.8) is 0 Å². The molecular weight excluding hydrogens is 204 g/mol. The fraction of sp³-hybridized carbons (Fsp3) is 0.462. The van der Waals surface area contributed by atoms with E-state index < -0.39 is 6.10 Å². The second kappa shape index (κ2) is 6.16. The molecule has 0 radical (unpaired) electrons. The predicted molar refractivity (Wildman–Crippen MR) is 62.5 cm³/mol. The van der Waals surface area contributed by atoms with Crippen LogP contribution in [0.15, 0.2) is 24.3 Å². The molecule has 1 atom stereocenters. The van der Waals surface area contributed by atoms with Crippen LogP contribution in [-0.2, 0) is 16.0 Å². The van der Waals surface area contributed by atoms with Gasteiger partial charge < -0.3 is 9.47 Å². The molecule has 1 aromatic carbocycles. The smallest absolute Gasteiger partial charge is 0.347 e. The molecule has 3 heteroatoms. The summed E-state index contributed by atoms with van der Waals surface area (Å²) in [5.74, 6) is 0.430. The Morgan fingerprint density at radius 3 is 2.62 bits per heavy atom. The Morgan fingerprint density at radius 2 is 2.00 bits per heavy atom. The first-order valence-electron chi connectivity index (χ1n) is 5.60. The molecule has 0 amide bonds. The molecule has 0 spiro atoms. The molecule has 88 valence electrons. The molecule has 16 heavy (non-hydrogen) atoms. The summed E-state index contributed by atoms with van der Waals surface area (Å²) in [4.78, 5) is 11.4. The summed E-state index contributed by atoms with van der Waals surface area (Å²) in [7, 11) is 0. The normalized spacial score (nSPS) is 11.9. The van der Waals surface area contributed by atoms with E-state index in [1.54, 1.807) is 13.8 Å². The molecule has 0 aromatic heterocycles. The summed E-state index contributed by atoms with van der Waals surface area (Å²) in [5, 5.41) is 0. The third-order valence-corrected chi connectivity index (χ3v) is 2.28. The highest BCUT2D eigenvalue weighted by Crippen LogP contribution is 2.19. The van der Waals surface area contributed by atoms with Crippen LogP contribution in [0.25, 0.3) is 0 Å². The van der Waals surface area contributed by atoms with Crippen molar-refractivity contribution < 1.29 is 14.3 Å². The largest absolute Gasteiger partial charge is 0.479 e. The lowest BCUT2D eigenvalue weighted by atomic mass is 10.1.